The molecule has 0 bridgehead atoms. The number of amides is 1. The van der Waals surface area contributed by atoms with Crippen LogP contribution in [0.2, 0.25) is 0 Å². The van der Waals surface area contributed by atoms with Gasteiger partial charge in [0.15, 0.2) is 0 Å². The van der Waals surface area contributed by atoms with Crippen molar-refractivity contribution in [1.82, 2.24) is 9.80 Å². The van der Waals surface area contributed by atoms with Crippen LogP contribution in [0.4, 0.5) is 0 Å². The van der Waals surface area contributed by atoms with Gasteiger partial charge in [-0.25, -0.2) is 0 Å². The highest BCUT2D eigenvalue weighted by atomic mass is 16.5. The summed E-state index contributed by atoms with van der Waals surface area (Å²) in [6, 6.07) is 15.4. The van der Waals surface area contributed by atoms with Crippen LogP contribution in [0.25, 0.3) is 5.76 Å². The molecule has 0 aliphatic carbocycles. The van der Waals surface area contributed by atoms with Crippen LogP contribution in [0.1, 0.15) is 17.2 Å². The monoisotopic (exact) mass is 422 g/mol. The molecular formula is C24H26N2O5. The zero-order valence-electron chi connectivity index (χ0n) is 17.5. The van der Waals surface area contributed by atoms with Crippen LogP contribution < -0.4 is 4.74 Å². The van der Waals surface area contributed by atoms with Crippen molar-refractivity contribution < 1.29 is 24.2 Å². The molecule has 0 saturated carbocycles. The maximum atomic E-state index is 13.0. The van der Waals surface area contributed by atoms with Gasteiger partial charge in [0, 0.05) is 31.7 Å². The molecule has 0 spiro atoms. The van der Waals surface area contributed by atoms with E-state index in [4.69, 9.17) is 9.47 Å². The second kappa shape index (κ2) is 9.32. The Morgan fingerprint density at radius 3 is 2.35 bits per heavy atom. The maximum absolute atomic E-state index is 13.0. The Hall–Kier alpha value is -3.16. The molecule has 2 saturated heterocycles. The van der Waals surface area contributed by atoms with Gasteiger partial charge < -0.3 is 19.5 Å². The molecule has 0 aromatic heterocycles. The number of methoxy groups -OCH3 is 1. The molecular weight excluding hydrogens is 396 g/mol. The van der Waals surface area contributed by atoms with Crippen LogP contribution in [0.5, 0.6) is 5.75 Å². The summed E-state index contributed by atoms with van der Waals surface area (Å²) in [5, 5.41) is 11.0. The van der Waals surface area contributed by atoms with Crippen molar-refractivity contribution in [2.75, 3.05) is 46.5 Å². The Labute approximate surface area is 181 Å². The Bertz CT molecular complexity index is 965. The highest BCUT2D eigenvalue weighted by molar-refractivity contribution is 6.46. The summed E-state index contributed by atoms with van der Waals surface area (Å²) in [6.07, 6.45) is 0. The summed E-state index contributed by atoms with van der Waals surface area (Å²) < 4.78 is 10.6. The van der Waals surface area contributed by atoms with E-state index < -0.39 is 17.7 Å². The van der Waals surface area contributed by atoms with Crippen molar-refractivity contribution in [2.24, 2.45) is 0 Å². The van der Waals surface area contributed by atoms with Crippen molar-refractivity contribution in [2.45, 2.75) is 6.04 Å². The first-order valence-corrected chi connectivity index (χ1v) is 10.4. The molecule has 2 aromatic carbocycles. The van der Waals surface area contributed by atoms with Crippen molar-refractivity contribution in [3.63, 3.8) is 0 Å². The third-order valence-corrected chi connectivity index (χ3v) is 5.78. The third-order valence-electron chi connectivity index (χ3n) is 5.78. The number of ether oxygens (including phenoxy) is 2. The number of morpholine rings is 1. The summed E-state index contributed by atoms with van der Waals surface area (Å²) in [7, 11) is 1.58. The van der Waals surface area contributed by atoms with Gasteiger partial charge in [0.25, 0.3) is 11.7 Å². The highest BCUT2D eigenvalue weighted by Crippen LogP contribution is 2.39. The van der Waals surface area contributed by atoms with Gasteiger partial charge in [-0.3, -0.25) is 14.5 Å². The third kappa shape index (κ3) is 4.33. The number of rotatable bonds is 6. The number of ketones is 1. The number of Topliss-reactive ketones (excluding diaryl/α,β-unsaturated/α-hetero) is 1. The molecule has 2 aliphatic rings. The smallest absolute Gasteiger partial charge is 0.295 e. The Morgan fingerprint density at radius 2 is 1.71 bits per heavy atom. The number of nitrogens with zero attached hydrogens (tertiary/aromatic N) is 2. The van der Waals surface area contributed by atoms with E-state index in [1.54, 1.807) is 48.4 Å². The molecule has 0 radical (unpaired) electrons. The molecule has 1 unspecified atom stereocenters. The van der Waals surface area contributed by atoms with Crippen LogP contribution in [0, 0.1) is 0 Å². The standard InChI is InChI=1S/C24H26N2O5/c1-30-19-9-7-17(8-10-19)21-20(22(27)18-5-3-2-4-6-18)23(28)24(29)26(21)12-11-25-13-15-31-16-14-25/h2-10,21,27H,11-16H2,1H3. The second-order valence-electron chi connectivity index (χ2n) is 7.59. The SMILES string of the molecule is COc1ccc(C2C(=C(O)c3ccccc3)C(=O)C(=O)N2CCN2CCOCC2)cc1. The van der Waals surface area contributed by atoms with Gasteiger partial charge in [-0.05, 0) is 17.7 Å². The quantitative estimate of drug-likeness (QED) is 0.438. The number of aliphatic hydroxyl groups is 1. The molecule has 1 atom stereocenters. The number of hydrogen-bond donors (Lipinski definition) is 1. The Balaban J connectivity index is 1.72. The molecule has 7 heteroatoms. The first kappa shape index (κ1) is 21.1. The van der Waals surface area contributed by atoms with Crippen molar-refractivity contribution in [3.8, 4) is 5.75 Å². The minimum absolute atomic E-state index is 0.114. The predicted molar refractivity (Wildman–Crippen MR) is 116 cm³/mol. The van der Waals surface area contributed by atoms with E-state index in [2.05, 4.69) is 4.90 Å². The topological polar surface area (TPSA) is 79.3 Å². The zero-order valence-corrected chi connectivity index (χ0v) is 17.5. The van der Waals surface area contributed by atoms with Crippen LogP contribution >= 0.6 is 0 Å². The normalized spacial score (nSPS) is 21.5. The molecule has 2 heterocycles. The van der Waals surface area contributed by atoms with Gasteiger partial charge >= 0.3 is 0 Å². The fourth-order valence-corrected chi connectivity index (χ4v) is 4.07. The lowest BCUT2D eigenvalue weighted by Gasteiger charge is -2.31. The van der Waals surface area contributed by atoms with E-state index in [9.17, 15) is 14.7 Å². The van der Waals surface area contributed by atoms with E-state index in [1.807, 2.05) is 18.2 Å². The first-order chi connectivity index (χ1) is 15.1. The Morgan fingerprint density at radius 1 is 1.03 bits per heavy atom. The number of benzene rings is 2. The molecule has 2 aliphatic heterocycles. The van der Waals surface area contributed by atoms with Crippen LogP contribution in [0.15, 0.2) is 60.2 Å². The average molecular weight is 422 g/mol. The van der Waals surface area contributed by atoms with E-state index in [0.717, 1.165) is 18.7 Å². The largest absolute Gasteiger partial charge is 0.507 e. The molecule has 162 valence electrons. The van der Waals surface area contributed by atoms with E-state index in [-0.39, 0.29) is 11.3 Å². The molecule has 2 fully saturated rings. The lowest BCUT2D eigenvalue weighted by Crippen LogP contribution is -2.42. The van der Waals surface area contributed by atoms with E-state index in [0.29, 0.717) is 37.6 Å². The molecule has 31 heavy (non-hydrogen) atoms. The summed E-state index contributed by atoms with van der Waals surface area (Å²) >= 11 is 0. The number of hydrogen-bond acceptors (Lipinski definition) is 6. The fourth-order valence-electron chi connectivity index (χ4n) is 4.07. The second-order valence-corrected chi connectivity index (χ2v) is 7.59. The molecule has 4 rings (SSSR count). The van der Waals surface area contributed by atoms with E-state index in [1.165, 1.54) is 0 Å². The minimum Gasteiger partial charge on any atom is -0.507 e. The van der Waals surface area contributed by atoms with Crippen molar-refractivity contribution in [3.05, 3.63) is 71.3 Å². The van der Waals surface area contributed by atoms with Gasteiger partial charge in [-0.2, -0.15) is 0 Å². The first-order valence-electron chi connectivity index (χ1n) is 10.4. The predicted octanol–water partition coefficient (Wildman–Crippen LogP) is 2.45. The molecule has 1 amide bonds. The van der Waals surface area contributed by atoms with E-state index >= 15 is 0 Å². The minimum atomic E-state index is -0.663. The molecule has 1 N–H and O–H groups in total. The summed E-state index contributed by atoms with van der Waals surface area (Å²) in [6.45, 7) is 3.92. The van der Waals surface area contributed by atoms with Gasteiger partial charge in [0.2, 0.25) is 0 Å². The maximum Gasteiger partial charge on any atom is 0.295 e. The van der Waals surface area contributed by atoms with Gasteiger partial charge in [-0.1, -0.05) is 42.5 Å². The van der Waals surface area contributed by atoms with Gasteiger partial charge in [0.05, 0.1) is 31.9 Å². The lowest BCUT2D eigenvalue weighted by atomic mass is 9.95. The van der Waals surface area contributed by atoms with Crippen molar-refractivity contribution >= 4 is 17.4 Å². The zero-order chi connectivity index (χ0) is 21.8. The highest BCUT2D eigenvalue weighted by Gasteiger charge is 2.46. The summed E-state index contributed by atoms with van der Waals surface area (Å²) in [5.74, 6) is -0.735. The molecule has 2 aromatic rings. The number of aliphatic hydroxyl groups excluding tert-OH is 1. The average Bonchev–Trinajstić information content (AvgIpc) is 3.08. The summed E-state index contributed by atoms with van der Waals surface area (Å²) in [5.41, 5.74) is 1.37. The van der Waals surface area contributed by atoms with Crippen LogP contribution in [0.3, 0.4) is 0 Å². The lowest BCUT2D eigenvalue weighted by molar-refractivity contribution is -0.140. The fraction of sp³-hybridized carbons (Fsp3) is 0.333. The molecule has 7 nitrogen and oxygen atoms in total. The number of carbonyl (C=O) groups is 2. The van der Waals surface area contributed by atoms with Gasteiger partial charge in [-0.15, -0.1) is 0 Å². The summed E-state index contributed by atoms with van der Waals surface area (Å²) in [4.78, 5) is 29.8. The van der Waals surface area contributed by atoms with Crippen LogP contribution in [-0.4, -0.2) is 73.1 Å². The van der Waals surface area contributed by atoms with Crippen LogP contribution in [-0.2, 0) is 14.3 Å². The van der Waals surface area contributed by atoms with Gasteiger partial charge in [0.1, 0.15) is 11.5 Å². The van der Waals surface area contributed by atoms with Crippen molar-refractivity contribution in [1.29, 1.82) is 0 Å². The number of likely N-dealkylation sites (tertiary alicyclic amines) is 1. The Kier molecular flexibility index (Phi) is 6.34. The number of carbonyl (C=O) groups excluding carboxylic acids is 2.